The molecule has 2 aliphatic rings. The molecule has 2 amide bonds. The molecule has 6 rings (SSSR count). The minimum atomic E-state index is -0.174. The van der Waals surface area contributed by atoms with Crippen molar-refractivity contribution < 1.29 is 14.3 Å². The van der Waals surface area contributed by atoms with Crippen molar-refractivity contribution in [3.8, 4) is 5.69 Å². The molecule has 4 heterocycles. The summed E-state index contributed by atoms with van der Waals surface area (Å²) < 4.78 is 7.32. The maximum absolute atomic E-state index is 13.6. The van der Waals surface area contributed by atoms with E-state index in [1.807, 2.05) is 70.2 Å². The molecule has 0 saturated carbocycles. The van der Waals surface area contributed by atoms with E-state index in [-0.39, 0.29) is 11.8 Å². The van der Waals surface area contributed by atoms with Gasteiger partial charge >= 0.3 is 0 Å². The number of para-hydroxylation sites is 1. The van der Waals surface area contributed by atoms with Crippen LogP contribution in [-0.2, 0) is 16.1 Å². The Hall–Kier alpha value is -4.34. The molecule has 204 valence electrons. The van der Waals surface area contributed by atoms with Crippen molar-refractivity contribution in [2.24, 2.45) is 0 Å². The van der Waals surface area contributed by atoms with Gasteiger partial charge in [0.1, 0.15) is 0 Å². The number of nitrogens with one attached hydrogen (secondary N) is 1. The van der Waals surface area contributed by atoms with Crippen LogP contribution in [0.3, 0.4) is 0 Å². The van der Waals surface area contributed by atoms with Crippen LogP contribution >= 0.6 is 0 Å². The second-order valence-electron chi connectivity index (χ2n) is 10.1. The number of aromatic nitrogens is 3. The second-order valence-corrected chi connectivity index (χ2v) is 10.1. The van der Waals surface area contributed by atoms with Crippen molar-refractivity contribution in [3.05, 3.63) is 96.0 Å². The van der Waals surface area contributed by atoms with Gasteiger partial charge in [-0.15, -0.1) is 0 Å². The molecule has 1 N–H and O–H groups in total. The van der Waals surface area contributed by atoms with E-state index in [0.717, 1.165) is 73.5 Å². The van der Waals surface area contributed by atoms with Crippen LogP contribution in [0.5, 0.6) is 0 Å². The molecule has 9 heteroatoms. The van der Waals surface area contributed by atoms with E-state index in [2.05, 4.69) is 15.2 Å². The van der Waals surface area contributed by atoms with E-state index in [9.17, 15) is 9.59 Å². The lowest BCUT2D eigenvalue weighted by atomic mass is 10.1. The first-order valence-corrected chi connectivity index (χ1v) is 13.7. The second kappa shape index (κ2) is 11.8. The fraction of sp³-hybridized carbons (Fsp3) is 0.290. The summed E-state index contributed by atoms with van der Waals surface area (Å²) >= 11 is 0. The lowest BCUT2D eigenvalue weighted by molar-refractivity contribution is -0.116. The highest BCUT2D eigenvalue weighted by molar-refractivity contribution is 6.05. The molecule has 0 radical (unpaired) electrons. The fourth-order valence-corrected chi connectivity index (χ4v) is 5.39. The SMILES string of the molecule is O=C(/C=C/c1ccc(-n2nc(C(=O)N3CCC(N4CCOCC4)C3)c3ccccc32)cc1)NCc1cccnc1. The zero-order chi connectivity index (χ0) is 27.3. The Balaban J connectivity index is 1.15. The van der Waals surface area contributed by atoms with Gasteiger partial charge in [-0.05, 0) is 47.9 Å². The minimum absolute atomic E-state index is 0.0254. The van der Waals surface area contributed by atoms with Gasteiger partial charge in [-0.3, -0.25) is 19.5 Å². The number of pyridine rings is 1. The summed E-state index contributed by atoms with van der Waals surface area (Å²) in [4.78, 5) is 34.3. The Bertz CT molecular complexity index is 1510. The number of amides is 2. The smallest absolute Gasteiger partial charge is 0.275 e. The van der Waals surface area contributed by atoms with E-state index in [0.29, 0.717) is 18.3 Å². The number of carbonyl (C=O) groups is 2. The summed E-state index contributed by atoms with van der Waals surface area (Å²) in [6.45, 7) is 5.24. The number of likely N-dealkylation sites (tertiary alicyclic amines) is 1. The zero-order valence-electron chi connectivity index (χ0n) is 22.3. The van der Waals surface area contributed by atoms with Crippen LogP contribution in [0.4, 0.5) is 0 Å². The highest BCUT2D eigenvalue weighted by atomic mass is 16.5. The monoisotopic (exact) mass is 536 g/mol. The summed E-state index contributed by atoms with van der Waals surface area (Å²) in [5, 5.41) is 8.51. The highest BCUT2D eigenvalue weighted by Crippen LogP contribution is 2.26. The van der Waals surface area contributed by atoms with Crippen LogP contribution in [0.2, 0.25) is 0 Å². The number of hydrogen-bond donors (Lipinski definition) is 1. The van der Waals surface area contributed by atoms with E-state index >= 15 is 0 Å². The quantitative estimate of drug-likeness (QED) is 0.365. The summed E-state index contributed by atoms with van der Waals surface area (Å²) in [7, 11) is 0. The third-order valence-corrected chi connectivity index (χ3v) is 7.56. The molecule has 2 aliphatic heterocycles. The fourth-order valence-electron chi connectivity index (χ4n) is 5.39. The summed E-state index contributed by atoms with van der Waals surface area (Å²) in [6.07, 6.45) is 7.70. The Morgan fingerprint density at radius 3 is 2.62 bits per heavy atom. The average Bonchev–Trinajstić information content (AvgIpc) is 3.66. The van der Waals surface area contributed by atoms with Gasteiger partial charge < -0.3 is 15.0 Å². The topological polar surface area (TPSA) is 92.6 Å². The van der Waals surface area contributed by atoms with Crippen molar-refractivity contribution in [2.45, 2.75) is 19.0 Å². The lowest BCUT2D eigenvalue weighted by Gasteiger charge is -2.32. The van der Waals surface area contributed by atoms with Crippen molar-refractivity contribution in [3.63, 3.8) is 0 Å². The van der Waals surface area contributed by atoms with Gasteiger partial charge in [0.05, 0.1) is 24.4 Å². The van der Waals surface area contributed by atoms with Crippen molar-refractivity contribution in [1.29, 1.82) is 0 Å². The van der Waals surface area contributed by atoms with Crippen LogP contribution in [0, 0.1) is 0 Å². The molecule has 2 aromatic heterocycles. The van der Waals surface area contributed by atoms with Gasteiger partial charge in [0.15, 0.2) is 5.69 Å². The molecule has 1 unspecified atom stereocenters. The van der Waals surface area contributed by atoms with Gasteiger partial charge in [0.2, 0.25) is 5.91 Å². The van der Waals surface area contributed by atoms with Gasteiger partial charge in [0, 0.05) is 62.6 Å². The molecule has 40 heavy (non-hydrogen) atoms. The summed E-state index contributed by atoms with van der Waals surface area (Å²) in [5.74, 6) is -0.200. The van der Waals surface area contributed by atoms with Crippen LogP contribution in [0.15, 0.2) is 79.1 Å². The third kappa shape index (κ3) is 5.66. The first kappa shape index (κ1) is 25.9. The normalized spacial score (nSPS) is 18.0. The van der Waals surface area contributed by atoms with Crippen molar-refractivity contribution >= 4 is 28.8 Å². The molecule has 2 fully saturated rings. The van der Waals surface area contributed by atoms with Crippen molar-refractivity contribution in [2.75, 3.05) is 39.4 Å². The van der Waals surface area contributed by atoms with Crippen LogP contribution in [-0.4, -0.2) is 81.8 Å². The standard InChI is InChI=1S/C31H32N6O3/c38-29(33-21-24-4-3-14-32-20-24)12-9-23-7-10-25(11-8-23)37-28-6-2-1-5-27(28)30(34-37)31(39)36-15-13-26(22-36)35-16-18-40-19-17-35/h1-12,14,20,26H,13,15-19,21-22H2,(H,33,38)/b12-9+. The molecule has 4 aromatic rings. The maximum Gasteiger partial charge on any atom is 0.275 e. The number of ether oxygens (including phenoxy) is 1. The number of rotatable bonds is 7. The van der Waals surface area contributed by atoms with E-state index < -0.39 is 0 Å². The van der Waals surface area contributed by atoms with Gasteiger partial charge in [-0.25, -0.2) is 4.68 Å². The maximum atomic E-state index is 13.6. The van der Waals surface area contributed by atoms with E-state index in [4.69, 9.17) is 9.84 Å². The van der Waals surface area contributed by atoms with Crippen LogP contribution < -0.4 is 5.32 Å². The minimum Gasteiger partial charge on any atom is -0.379 e. The Morgan fingerprint density at radius 2 is 1.82 bits per heavy atom. The number of morpholine rings is 1. The zero-order valence-corrected chi connectivity index (χ0v) is 22.3. The molecule has 0 aliphatic carbocycles. The number of carbonyl (C=O) groups excluding carboxylic acids is 2. The van der Waals surface area contributed by atoms with Gasteiger partial charge in [-0.1, -0.05) is 36.4 Å². The molecule has 1 atom stereocenters. The molecule has 0 spiro atoms. The highest BCUT2D eigenvalue weighted by Gasteiger charge is 2.33. The molecular weight excluding hydrogens is 504 g/mol. The van der Waals surface area contributed by atoms with E-state index in [1.165, 1.54) is 6.08 Å². The first-order chi connectivity index (χ1) is 19.7. The average molecular weight is 537 g/mol. The Kier molecular flexibility index (Phi) is 7.65. The molecule has 2 saturated heterocycles. The molecule has 0 bridgehead atoms. The number of benzene rings is 2. The molecular formula is C31H32N6O3. The third-order valence-electron chi connectivity index (χ3n) is 7.56. The van der Waals surface area contributed by atoms with Crippen LogP contribution in [0.25, 0.3) is 22.7 Å². The van der Waals surface area contributed by atoms with Crippen LogP contribution in [0.1, 0.15) is 28.0 Å². The predicted octanol–water partition coefficient (Wildman–Crippen LogP) is 3.30. The number of nitrogens with zero attached hydrogens (tertiary/aromatic N) is 5. The molecule has 9 nitrogen and oxygen atoms in total. The largest absolute Gasteiger partial charge is 0.379 e. The van der Waals surface area contributed by atoms with E-state index in [1.54, 1.807) is 18.5 Å². The summed E-state index contributed by atoms with van der Waals surface area (Å²) in [6, 6.07) is 19.8. The summed E-state index contributed by atoms with van der Waals surface area (Å²) in [5.41, 5.74) is 4.04. The Labute approximate surface area is 233 Å². The predicted molar refractivity (Wildman–Crippen MR) is 153 cm³/mol. The lowest BCUT2D eigenvalue weighted by Crippen LogP contribution is -2.45. The first-order valence-electron chi connectivity index (χ1n) is 13.7. The number of fused-ring (bicyclic) bond motifs is 1. The number of hydrogen-bond acceptors (Lipinski definition) is 6. The Morgan fingerprint density at radius 1 is 1.00 bits per heavy atom. The van der Waals surface area contributed by atoms with Gasteiger partial charge in [-0.2, -0.15) is 5.10 Å². The molecule has 2 aromatic carbocycles. The van der Waals surface area contributed by atoms with Crippen molar-refractivity contribution in [1.82, 2.24) is 29.9 Å². The van der Waals surface area contributed by atoms with Gasteiger partial charge in [0.25, 0.3) is 5.91 Å².